The Labute approximate surface area is 132 Å². The van der Waals surface area contributed by atoms with E-state index >= 15 is 0 Å². The van der Waals surface area contributed by atoms with E-state index in [9.17, 15) is 0 Å². The highest BCUT2D eigenvalue weighted by atomic mass is 16.5. The molecule has 0 N–H and O–H groups in total. The number of likely N-dealkylation sites (N-methyl/N-ethyl adjacent to an activating group) is 1. The molecule has 1 aromatic heterocycles. The Balaban J connectivity index is 1.44. The molecule has 0 spiro atoms. The average Bonchev–Trinajstić information content (AvgIpc) is 3.17. The Bertz CT molecular complexity index is 459. The first-order valence-corrected chi connectivity index (χ1v) is 8.60. The minimum absolute atomic E-state index is 0.446. The van der Waals surface area contributed by atoms with E-state index < -0.39 is 0 Å². The van der Waals surface area contributed by atoms with Crippen molar-refractivity contribution in [2.45, 2.75) is 57.7 Å². The molecule has 0 aliphatic carbocycles. The number of rotatable bonds is 6. The van der Waals surface area contributed by atoms with E-state index in [0.717, 1.165) is 44.4 Å². The Kier molecular flexibility index (Phi) is 5.44. The fourth-order valence-electron chi connectivity index (χ4n) is 3.43. The highest BCUT2D eigenvalue weighted by molar-refractivity contribution is 4.89. The van der Waals surface area contributed by atoms with E-state index in [1.54, 1.807) is 0 Å². The number of hydrogen-bond acceptors (Lipinski definition) is 6. The molecule has 0 amide bonds. The Hall–Kier alpha value is -0.980. The van der Waals surface area contributed by atoms with Crippen LogP contribution in [0.25, 0.3) is 0 Å². The van der Waals surface area contributed by atoms with Crippen LogP contribution in [-0.4, -0.2) is 65.4 Å². The van der Waals surface area contributed by atoms with E-state index in [1.165, 1.54) is 32.2 Å². The van der Waals surface area contributed by atoms with Crippen LogP contribution in [0.1, 0.15) is 44.3 Å². The van der Waals surface area contributed by atoms with Gasteiger partial charge in [-0.3, -0.25) is 9.80 Å². The van der Waals surface area contributed by atoms with Gasteiger partial charge in [0, 0.05) is 32.2 Å². The van der Waals surface area contributed by atoms with E-state index in [1.807, 2.05) is 6.92 Å². The second-order valence-corrected chi connectivity index (χ2v) is 6.56. The first-order valence-electron chi connectivity index (χ1n) is 8.60. The Morgan fingerprint density at radius 1 is 1.32 bits per heavy atom. The smallest absolute Gasteiger partial charge is 0.226 e. The number of nitrogens with zero attached hydrogens (tertiary/aromatic N) is 4. The summed E-state index contributed by atoms with van der Waals surface area (Å²) < 4.78 is 11.0. The van der Waals surface area contributed by atoms with Crippen molar-refractivity contribution in [3.8, 4) is 0 Å². The monoisotopic (exact) mass is 308 g/mol. The summed E-state index contributed by atoms with van der Waals surface area (Å²) in [5, 5.41) is 4.05. The van der Waals surface area contributed by atoms with Gasteiger partial charge in [-0.25, -0.2) is 0 Å². The van der Waals surface area contributed by atoms with Gasteiger partial charge in [0.2, 0.25) is 5.89 Å². The second-order valence-electron chi connectivity index (χ2n) is 6.56. The fourth-order valence-corrected chi connectivity index (χ4v) is 3.43. The van der Waals surface area contributed by atoms with Gasteiger partial charge in [-0.1, -0.05) is 12.1 Å². The summed E-state index contributed by atoms with van der Waals surface area (Å²) in [5.41, 5.74) is 0. The van der Waals surface area contributed by atoms with Gasteiger partial charge in [0.05, 0.1) is 12.6 Å². The van der Waals surface area contributed by atoms with Gasteiger partial charge in [0.25, 0.3) is 0 Å². The van der Waals surface area contributed by atoms with Crippen LogP contribution in [0.15, 0.2) is 4.52 Å². The van der Waals surface area contributed by atoms with Crippen LogP contribution in [0.2, 0.25) is 0 Å². The molecule has 22 heavy (non-hydrogen) atoms. The first-order chi connectivity index (χ1) is 10.7. The molecule has 0 bridgehead atoms. The van der Waals surface area contributed by atoms with Gasteiger partial charge < -0.3 is 9.26 Å². The van der Waals surface area contributed by atoms with E-state index in [-0.39, 0.29) is 0 Å². The summed E-state index contributed by atoms with van der Waals surface area (Å²) >= 11 is 0. The third-order valence-corrected chi connectivity index (χ3v) is 4.81. The third-order valence-electron chi connectivity index (χ3n) is 4.81. The van der Waals surface area contributed by atoms with Crippen molar-refractivity contribution in [1.29, 1.82) is 0 Å². The number of aryl methyl sites for hydroxylation is 1. The molecule has 2 aliphatic rings. The van der Waals surface area contributed by atoms with Crippen molar-refractivity contribution in [3.63, 3.8) is 0 Å². The lowest BCUT2D eigenvalue weighted by atomic mass is 10.1. The van der Waals surface area contributed by atoms with Crippen LogP contribution >= 0.6 is 0 Å². The molecule has 2 aliphatic heterocycles. The molecule has 3 heterocycles. The predicted molar refractivity (Wildman–Crippen MR) is 83.6 cm³/mol. The molecule has 0 aromatic carbocycles. The van der Waals surface area contributed by atoms with Crippen LogP contribution in [0.5, 0.6) is 0 Å². The van der Waals surface area contributed by atoms with E-state index in [4.69, 9.17) is 9.26 Å². The first kappa shape index (κ1) is 15.9. The molecule has 2 atom stereocenters. The quantitative estimate of drug-likeness (QED) is 0.797. The lowest BCUT2D eigenvalue weighted by Crippen LogP contribution is -2.38. The van der Waals surface area contributed by atoms with Crippen molar-refractivity contribution in [2.24, 2.45) is 0 Å². The molecular formula is C16H28N4O2. The molecule has 2 fully saturated rings. The van der Waals surface area contributed by atoms with Gasteiger partial charge in [-0.15, -0.1) is 0 Å². The van der Waals surface area contributed by atoms with Crippen molar-refractivity contribution in [3.05, 3.63) is 11.7 Å². The van der Waals surface area contributed by atoms with Crippen LogP contribution in [0.3, 0.4) is 0 Å². The van der Waals surface area contributed by atoms with Gasteiger partial charge >= 0.3 is 0 Å². The second kappa shape index (κ2) is 7.53. The average molecular weight is 308 g/mol. The molecule has 3 rings (SSSR count). The van der Waals surface area contributed by atoms with Crippen molar-refractivity contribution in [1.82, 2.24) is 19.9 Å². The van der Waals surface area contributed by atoms with Crippen molar-refractivity contribution < 1.29 is 9.26 Å². The zero-order chi connectivity index (χ0) is 15.4. The van der Waals surface area contributed by atoms with Gasteiger partial charge in [0.15, 0.2) is 5.82 Å². The predicted octanol–water partition coefficient (Wildman–Crippen LogP) is 1.71. The molecule has 0 unspecified atom stereocenters. The van der Waals surface area contributed by atoms with E-state index in [2.05, 4.69) is 27.0 Å². The highest BCUT2D eigenvalue weighted by Crippen LogP contribution is 2.20. The molecule has 0 saturated carbocycles. The molecule has 124 valence electrons. The maximum Gasteiger partial charge on any atom is 0.226 e. The summed E-state index contributed by atoms with van der Waals surface area (Å²) in [6.07, 6.45) is 6.23. The molecule has 6 nitrogen and oxygen atoms in total. The maximum atomic E-state index is 5.86. The highest BCUT2D eigenvalue weighted by Gasteiger charge is 2.28. The lowest BCUT2D eigenvalue weighted by Gasteiger charge is -2.28. The third kappa shape index (κ3) is 4.06. The van der Waals surface area contributed by atoms with Gasteiger partial charge in [-0.05, 0) is 39.3 Å². The minimum Gasteiger partial charge on any atom is -0.377 e. The van der Waals surface area contributed by atoms with Gasteiger partial charge in [-0.2, -0.15) is 4.98 Å². The van der Waals surface area contributed by atoms with E-state index in [0.29, 0.717) is 12.1 Å². The topological polar surface area (TPSA) is 54.6 Å². The largest absolute Gasteiger partial charge is 0.377 e. The zero-order valence-corrected chi connectivity index (χ0v) is 13.8. The number of aromatic nitrogens is 2. The maximum absolute atomic E-state index is 5.86. The summed E-state index contributed by atoms with van der Waals surface area (Å²) in [6.45, 7) is 7.12. The number of hydrogen-bond donors (Lipinski definition) is 0. The van der Waals surface area contributed by atoms with Crippen LogP contribution in [-0.2, 0) is 17.7 Å². The molecular weight excluding hydrogens is 280 g/mol. The Morgan fingerprint density at radius 3 is 2.95 bits per heavy atom. The molecule has 6 heteroatoms. The standard InChI is InChI=1S/C16H28N4O2/c1-3-16-17-15(18-22-16)12-19(2)13-7-8-20(10-13)11-14-6-4-5-9-21-14/h13-14H,3-12H2,1-2H3/t13-,14-/m0/s1. The number of ether oxygens (including phenoxy) is 1. The van der Waals surface area contributed by atoms with Crippen molar-refractivity contribution in [2.75, 3.05) is 33.3 Å². The minimum atomic E-state index is 0.446. The summed E-state index contributed by atoms with van der Waals surface area (Å²) in [4.78, 5) is 9.30. The van der Waals surface area contributed by atoms with Crippen LogP contribution in [0, 0.1) is 0 Å². The van der Waals surface area contributed by atoms with Crippen molar-refractivity contribution >= 4 is 0 Å². The lowest BCUT2D eigenvalue weighted by molar-refractivity contribution is -0.00281. The number of likely N-dealkylation sites (tertiary alicyclic amines) is 1. The summed E-state index contributed by atoms with van der Waals surface area (Å²) in [7, 11) is 2.16. The SMILES string of the molecule is CCc1nc(CN(C)[C@H]2CCN(C[C@@H]3CCCCO3)C2)no1. The summed E-state index contributed by atoms with van der Waals surface area (Å²) in [6, 6.07) is 0.576. The molecule has 0 radical (unpaired) electrons. The fraction of sp³-hybridized carbons (Fsp3) is 0.875. The normalized spacial score (nSPS) is 26.9. The molecule has 1 aromatic rings. The van der Waals surface area contributed by atoms with Crippen LogP contribution < -0.4 is 0 Å². The van der Waals surface area contributed by atoms with Gasteiger partial charge in [0.1, 0.15) is 0 Å². The Morgan fingerprint density at radius 2 is 2.23 bits per heavy atom. The zero-order valence-electron chi connectivity index (χ0n) is 13.8. The van der Waals surface area contributed by atoms with Crippen LogP contribution in [0.4, 0.5) is 0 Å². The summed E-state index contributed by atoms with van der Waals surface area (Å²) in [5.74, 6) is 1.53. The molecule has 2 saturated heterocycles.